The average Bonchev–Trinajstić information content (AvgIpc) is 2.58. The summed E-state index contributed by atoms with van der Waals surface area (Å²) in [5.74, 6) is 0. The Kier molecular flexibility index (Phi) is 2.64. The largest absolute Gasteiger partial charge is 0.260 e. The molecule has 16 heavy (non-hydrogen) atoms. The standard InChI is InChI=1S/C12H17N3S/c1-10-7-12(3-2-4-12)9-15(10)16-11-8-13-5-6-14-11/h5-6,8,10H,2-4,7,9H2,1H3. The van der Waals surface area contributed by atoms with Gasteiger partial charge in [-0.1, -0.05) is 6.42 Å². The van der Waals surface area contributed by atoms with Gasteiger partial charge in [-0.15, -0.1) is 0 Å². The zero-order chi connectivity index (χ0) is 11.0. The van der Waals surface area contributed by atoms with E-state index >= 15 is 0 Å². The lowest BCUT2D eigenvalue weighted by molar-refractivity contribution is 0.154. The zero-order valence-electron chi connectivity index (χ0n) is 9.59. The molecular weight excluding hydrogens is 218 g/mol. The molecule has 1 spiro atoms. The first-order valence-electron chi connectivity index (χ1n) is 5.98. The Morgan fingerprint density at radius 3 is 2.88 bits per heavy atom. The summed E-state index contributed by atoms with van der Waals surface area (Å²) >= 11 is 1.77. The Morgan fingerprint density at radius 1 is 1.44 bits per heavy atom. The fourth-order valence-electron chi connectivity index (χ4n) is 2.89. The van der Waals surface area contributed by atoms with E-state index in [0.29, 0.717) is 11.5 Å². The van der Waals surface area contributed by atoms with E-state index in [9.17, 15) is 0 Å². The number of aromatic nitrogens is 2. The van der Waals surface area contributed by atoms with Crippen molar-refractivity contribution in [2.45, 2.75) is 43.7 Å². The topological polar surface area (TPSA) is 29.0 Å². The van der Waals surface area contributed by atoms with E-state index in [1.165, 1.54) is 32.2 Å². The Morgan fingerprint density at radius 2 is 2.31 bits per heavy atom. The Bertz CT molecular complexity index is 364. The SMILES string of the molecule is CC1CC2(CCC2)CN1Sc1cnccn1. The maximum Gasteiger partial charge on any atom is 0.129 e. The highest BCUT2D eigenvalue weighted by Gasteiger charge is 2.46. The molecule has 3 nitrogen and oxygen atoms in total. The molecule has 0 bridgehead atoms. The third-order valence-electron chi connectivity index (χ3n) is 3.88. The van der Waals surface area contributed by atoms with Gasteiger partial charge in [0, 0.05) is 25.0 Å². The average molecular weight is 235 g/mol. The second-order valence-corrected chi connectivity index (χ2v) is 6.19. The molecular formula is C12H17N3S. The van der Waals surface area contributed by atoms with Crippen molar-refractivity contribution in [3.05, 3.63) is 18.6 Å². The maximum absolute atomic E-state index is 4.33. The van der Waals surface area contributed by atoms with Gasteiger partial charge in [0.25, 0.3) is 0 Å². The van der Waals surface area contributed by atoms with Gasteiger partial charge < -0.3 is 0 Å². The maximum atomic E-state index is 4.33. The van der Waals surface area contributed by atoms with E-state index in [-0.39, 0.29) is 0 Å². The monoisotopic (exact) mass is 235 g/mol. The second-order valence-electron chi connectivity index (χ2n) is 5.12. The molecule has 86 valence electrons. The van der Waals surface area contributed by atoms with Crippen LogP contribution in [0.5, 0.6) is 0 Å². The van der Waals surface area contributed by atoms with E-state index < -0.39 is 0 Å². The lowest BCUT2D eigenvalue weighted by Gasteiger charge is -2.38. The summed E-state index contributed by atoms with van der Waals surface area (Å²) in [4.78, 5) is 8.44. The number of nitrogens with zero attached hydrogens (tertiary/aromatic N) is 3. The molecule has 0 aromatic carbocycles. The molecule has 1 atom stereocenters. The highest BCUT2D eigenvalue weighted by molar-refractivity contribution is 7.97. The highest BCUT2D eigenvalue weighted by atomic mass is 32.2. The molecule has 1 unspecified atom stereocenters. The van der Waals surface area contributed by atoms with Crippen LogP contribution in [0.25, 0.3) is 0 Å². The van der Waals surface area contributed by atoms with Gasteiger partial charge in [0.2, 0.25) is 0 Å². The van der Waals surface area contributed by atoms with E-state index in [0.717, 1.165) is 5.03 Å². The van der Waals surface area contributed by atoms with Crippen LogP contribution in [0.1, 0.15) is 32.6 Å². The van der Waals surface area contributed by atoms with Crippen molar-refractivity contribution in [2.75, 3.05) is 6.54 Å². The van der Waals surface area contributed by atoms with Crippen molar-refractivity contribution < 1.29 is 0 Å². The first-order valence-corrected chi connectivity index (χ1v) is 6.75. The lowest BCUT2D eigenvalue weighted by Crippen LogP contribution is -2.31. The van der Waals surface area contributed by atoms with Crippen molar-refractivity contribution in [3.63, 3.8) is 0 Å². The molecule has 1 aromatic heterocycles. The molecule has 2 fully saturated rings. The van der Waals surface area contributed by atoms with Crippen LogP contribution in [0.4, 0.5) is 0 Å². The summed E-state index contributed by atoms with van der Waals surface area (Å²) in [6, 6.07) is 0.673. The van der Waals surface area contributed by atoms with E-state index in [1.807, 2.05) is 6.20 Å². The molecule has 1 saturated carbocycles. The number of rotatable bonds is 2. The molecule has 1 aliphatic carbocycles. The summed E-state index contributed by atoms with van der Waals surface area (Å²) in [6.07, 6.45) is 11.0. The molecule has 1 saturated heterocycles. The lowest BCUT2D eigenvalue weighted by atomic mass is 9.68. The van der Waals surface area contributed by atoms with Crippen LogP contribution in [-0.4, -0.2) is 26.9 Å². The first-order chi connectivity index (χ1) is 7.77. The molecule has 0 N–H and O–H groups in total. The second kappa shape index (κ2) is 4.00. The quantitative estimate of drug-likeness (QED) is 0.737. The van der Waals surface area contributed by atoms with Gasteiger partial charge in [-0.3, -0.25) is 4.98 Å². The minimum absolute atomic E-state index is 0.647. The van der Waals surface area contributed by atoms with Gasteiger partial charge in [0.15, 0.2) is 0 Å². The van der Waals surface area contributed by atoms with Gasteiger partial charge in [-0.25, -0.2) is 9.29 Å². The van der Waals surface area contributed by atoms with Gasteiger partial charge in [0.05, 0.1) is 6.20 Å². The van der Waals surface area contributed by atoms with E-state index in [2.05, 4.69) is 21.2 Å². The normalized spacial score (nSPS) is 28.2. The van der Waals surface area contributed by atoms with Crippen LogP contribution in [0.3, 0.4) is 0 Å². The molecule has 4 heteroatoms. The molecule has 2 heterocycles. The minimum Gasteiger partial charge on any atom is -0.260 e. The van der Waals surface area contributed by atoms with Crippen molar-refractivity contribution in [1.29, 1.82) is 0 Å². The van der Waals surface area contributed by atoms with Crippen molar-refractivity contribution in [1.82, 2.24) is 14.3 Å². The molecule has 0 amide bonds. The Hall–Kier alpha value is -0.610. The fraction of sp³-hybridized carbons (Fsp3) is 0.667. The zero-order valence-corrected chi connectivity index (χ0v) is 10.4. The number of hydrogen-bond acceptors (Lipinski definition) is 4. The highest BCUT2D eigenvalue weighted by Crippen LogP contribution is 2.52. The van der Waals surface area contributed by atoms with Gasteiger partial charge in [-0.05, 0) is 43.5 Å². The van der Waals surface area contributed by atoms with Crippen LogP contribution >= 0.6 is 11.9 Å². The minimum atomic E-state index is 0.647. The van der Waals surface area contributed by atoms with Gasteiger partial charge in [-0.2, -0.15) is 0 Å². The van der Waals surface area contributed by atoms with Crippen LogP contribution in [-0.2, 0) is 0 Å². The van der Waals surface area contributed by atoms with Gasteiger partial charge in [0.1, 0.15) is 5.03 Å². The Balaban J connectivity index is 1.67. The third kappa shape index (κ3) is 1.84. The van der Waals surface area contributed by atoms with Gasteiger partial charge >= 0.3 is 0 Å². The smallest absolute Gasteiger partial charge is 0.129 e. The molecule has 3 rings (SSSR count). The molecule has 0 radical (unpaired) electrons. The predicted octanol–water partition coefficient (Wildman–Crippen LogP) is 2.75. The molecule has 1 aliphatic heterocycles. The Labute approximate surface area is 101 Å². The predicted molar refractivity (Wildman–Crippen MR) is 65.0 cm³/mol. The van der Waals surface area contributed by atoms with Crippen molar-refractivity contribution in [3.8, 4) is 0 Å². The van der Waals surface area contributed by atoms with Crippen molar-refractivity contribution in [2.24, 2.45) is 5.41 Å². The van der Waals surface area contributed by atoms with E-state index in [1.54, 1.807) is 24.3 Å². The molecule has 1 aromatic rings. The van der Waals surface area contributed by atoms with E-state index in [4.69, 9.17) is 0 Å². The van der Waals surface area contributed by atoms with Crippen LogP contribution in [0, 0.1) is 5.41 Å². The summed E-state index contributed by atoms with van der Waals surface area (Å²) in [5, 5.41) is 1.02. The summed E-state index contributed by atoms with van der Waals surface area (Å²) in [6.45, 7) is 3.56. The molecule has 2 aliphatic rings. The fourth-order valence-corrected chi connectivity index (χ4v) is 3.94. The van der Waals surface area contributed by atoms with Crippen LogP contribution in [0.15, 0.2) is 23.6 Å². The third-order valence-corrected chi connectivity index (χ3v) is 5.00. The summed E-state index contributed by atoms with van der Waals surface area (Å²) < 4.78 is 2.49. The van der Waals surface area contributed by atoms with Crippen LogP contribution in [0.2, 0.25) is 0 Å². The summed E-state index contributed by atoms with van der Waals surface area (Å²) in [5.41, 5.74) is 0.647. The first kappa shape index (κ1) is 10.5. The van der Waals surface area contributed by atoms with Crippen LogP contribution < -0.4 is 0 Å². The van der Waals surface area contributed by atoms with Crippen molar-refractivity contribution >= 4 is 11.9 Å². The number of hydrogen-bond donors (Lipinski definition) is 0. The summed E-state index contributed by atoms with van der Waals surface area (Å²) in [7, 11) is 0.